The van der Waals surface area contributed by atoms with Crippen molar-refractivity contribution in [1.29, 1.82) is 0 Å². The molecule has 2 N–H and O–H groups in total. The predicted molar refractivity (Wildman–Crippen MR) is 76.5 cm³/mol. The summed E-state index contributed by atoms with van der Waals surface area (Å²) in [4.78, 5) is 9.21. The van der Waals surface area contributed by atoms with Crippen molar-refractivity contribution in [2.75, 3.05) is 5.73 Å². The van der Waals surface area contributed by atoms with Crippen molar-refractivity contribution >= 4 is 21.6 Å². The number of halogens is 1. The van der Waals surface area contributed by atoms with E-state index in [2.05, 4.69) is 25.9 Å². The van der Waals surface area contributed by atoms with E-state index in [4.69, 9.17) is 5.73 Å². The minimum absolute atomic E-state index is 0.535. The minimum atomic E-state index is 0.535. The van der Waals surface area contributed by atoms with Crippen LogP contribution in [0.15, 0.2) is 30.3 Å². The highest BCUT2D eigenvalue weighted by molar-refractivity contribution is 9.08. The smallest absolute Gasteiger partial charge is 0.159 e. The summed E-state index contributed by atoms with van der Waals surface area (Å²) in [7, 11) is 0. The van der Waals surface area contributed by atoms with E-state index < -0.39 is 0 Å². The van der Waals surface area contributed by atoms with Crippen molar-refractivity contribution in [1.82, 2.24) is 9.97 Å². The van der Waals surface area contributed by atoms with Gasteiger partial charge in [-0.25, -0.2) is 9.97 Å². The average molecular weight is 304 g/mol. The molecule has 92 valence electrons. The Bertz CT molecular complexity index is 565. The first-order valence-corrected chi connectivity index (χ1v) is 7.19. The predicted octanol–water partition coefficient (Wildman–Crippen LogP) is 3.50. The van der Waals surface area contributed by atoms with Gasteiger partial charge in [-0.05, 0) is 12.8 Å². The molecular formula is C14H14BrN3. The molecular weight excluding hydrogens is 290 g/mol. The van der Waals surface area contributed by atoms with Gasteiger partial charge in [0.1, 0.15) is 0 Å². The number of nitrogens with two attached hydrogens (primary N) is 1. The standard InChI is InChI=1S/C14H14BrN3/c15-8-11-12(16)13(9-6-7-9)18-14(17-11)10-4-2-1-3-5-10/h1-5,9H,6-8,16H2. The Morgan fingerprint density at radius 1 is 1.17 bits per heavy atom. The fourth-order valence-corrected chi connectivity index (χ4v) is 2.45. The van der Waals surface area contributed by atoms with Crippen molar-refractivity contribution in [3.63, 3.8) is 0 Å². The van der Waals surface area contributed by atoms with Crippen molar-refractivity contribution in [3.8, 4) is 11.4 Å². The highest BCUT2D eigenvalue weighted by Crippen LogP contribution is 2.42. The van der Waals surface area contributed by atoms with E-state index in [9.17, 15) is 0 Å². The SMILES string of the molecule is Nc1c(CBr)nc(-c2ccccc2)nc1C1CC1. The summed E-state index contributed by atoms with van der Waals surface area (Å²) in [5, 5.41) is 0.668. The molecule has 0 saturated heterocycles. The Kier molecular flexibility index (Phi) is 3.04. The largest absolute Gasteiger partial charge is 0.396 e. The lowest BCUT2D eigenvalue weighted by atomic mass is 10.1. The zero-order valence-corrected chi connectivity index (χ0v) is 11.5. The highest BCUT2D eigenvalue weighted by Gasteiger charge is 2.29. The average Bonchev–Trinajstić information content (AvgIpc) is 3.24. The van der Waals surface area contributed by atoms with Crippen LogP contribution in [0.2, 0.25) is 0 Å². The van der Waals surface area contributed by atoms with Crippen LogP contribution >= 0.6 is 15.9 Å². The van der Waals surface area contributed by atoms with E-state index in [1.165, 1.54) is 12.8 Å². The van der Waals surface area contributed by atoms with Gasteiger partial charge in [0.2, 0.25) is 0 Å². The molecule has 1 fully saturated rings. The molecule has 4 heteroatoms. The lowest BCUT2D eigenvalue weighted by Crippen LogP contribution is -2.05. The highest BCUT2D eigenvalue weighted by atomic mass is 79.9. The second kappa shape index (κ2) is 4.69. The van der Waals surface area contributed by atoms with Crippen LogP contribution in [-0.4, -0.2) is 9.97 Å². The topological polar surface area (TPSA) is 51.8 Å². The van der Waals surface area contributed by atoms with Gasteiger partial charge in [0.15, 0.2) is 5.82 Å². The van der Waals surface area contributed by atoms with Crippen molar-refractivity contribution in [2.24, 2.45) is 0 Å². The third-order valence-electron chi connectivity index (χ3n) is 3.18. The number of rotatable bonds is 3. The number of alkyl halides is 1. The molecule has 0 aliphatic heterocycles. The number of hydrogen-bond acceptors (Lipinski definition) is 3. The summed E-state index contributed by atoms with van der Waals surface area (Å²) >= 11 is 3.45. The Morgan fingerprint density at radius 2 is 1.89 bits per heavy atom. The molecule has 1 aromatic heterocycles. The number of aromatic nitrogens is 2. The summed E-state index contributed by atoms with van der Waals surface area (Å²) in [6.45, 7) is 0. The lowest BCUT2D eigenvalue weighted by molar-refractivity contribution is 0.978. The molecule has 3 rings (SSSR count). The van der Waals surface area contributed by atoms with Gasteiger partial charge in [-0.3, -0.25) is 0 Å². The molecule has 0 unspecified atom stereocenters. The van der Waals surface area contributed by atoms with Gasteiger partial charge < -0.3 is 5.73 Å². The van der Waals surface area contributed by atoms with Gasteiger partial charge in [0.05, 0.1) is 17.1 Å². The Labute approximate surface area is 115 Å². The Balaban J connectivity index is 2.13. The van der Waals surface area contributed by atoms with Gasteiger partial charge in [-0.15, -0.1) is 0 Å². The number of hydrogen-bond donors (Lipinski definition) is 1. The molecule has 3 nitrogen and oxygen atoms in total. The molecule has 0 spiro atoms. The Hall–Kier alpha value is -1.42. The molecule has 2 aromatic rings. The number of anilines is 1. The number of nitrogens with zero attached hydrogens (tertiary/aromatic N) is 2. The minimum Gasteiger partial charge on any atom is -0.396 e. The molecule has 0 amide bonds. The third kappa shape index (κ3) is 2.12. The van der Waals surface area contributed by atoms with Crippen LogP contribution in [0, 0.1) is 0 Å². The molecule has 0 atom stereocenters. The summed E-state index contributed by atoms with van der Waals surface area (Å²) in [5.41, 5.74) is 9.85. The van der Waals surface area contributed by atoms with Crippen LogP contribution in [-0.2, 0) is 5.33 Å². The van der Waals surface area contributed by atoms with Crippen LogP contribution in [0.5, 0.6) is 0 Å². The molecule has 1 heterocycles. The van der Waals surface area contributed by atoms with Gasteiger partial charge in [0.25, 0.3) is 0 Å². The summed E-state index contributed by atoms with van der Waals surface area (Å²) in [5.74, 6) is 1.31. The molecule has 1 saturated carbocycles. The van der Waals surface area contributed by atoms with Crippen molar-refractivity contribution in [2.45, 2.75) is 24.1 Å². The van der Waals surface area contributed by atoms with Crippen molar-refractivity contribution < 1.29 is 0 Å². The van der Waals surface area contributed by atoms with Crippen LogP contribution in [0.25, 0.3) is 11.4 Å². The first kappa shape index (κ1) is 11.7. The van der Waals surface area contributed by atoms with Crippen LogP contribution in [0.4, 0.5) is 5.69 Å². The lowest BCUT2D eigenvalue weighted by Gasteiger charge is -2.10. The summed E-state index contributed by atoms with van der Waals surface area (Å²) in [6.07, 6.45) is 2.38. The monoisotopic (exact) mass is 303 g/mol. The maximum Gasteiger partial charge on any atom is 0.159 e. The van der Waals surface area contributed by atoms with Gasteiger partial charge in [0, 0.05) is 16.8 Å². The van der Waals surface area contributed by atoms with Gasteiger partial charge in [-0.1, -0.05) is 46.3 Å². The first-order chi connectivity index (χ1) is 8.79. The maximum atomic E-state index is 6.13. The first-order valence-electron chi connectivity index (χ1n) is 6.07. The fourth-order valence-electron chi connectivity index (χ4n) is 2.02. The molecule has 0 bridgehead atoms. The maximum absolute atomic E-state index is 6.13. The van der Waals surface area contributed by atoms with Gasteiger partial charge >= 0.3 is 0 Å². The van der Waals surface area contributed by atoms with Crippen LogP contribution < -0.4 is 5.73 Å². The zero-order valence-electron chi connectivity index (χ0n) is 9.94. The number of benzene rings is 1. The zero-order chi connectivity index (χ0) is 12.5. The molecule has 0 radical (unpaired) electrons. The fraction of sp³-hybridized carbons (Fsp3) is 0.286. The van der Waals surface area contributed by atoms with Crippen molar-refractivity contribution in [3.05, 3.63) is 41.7 Å². The molecule has 1 aliphatic rings. The Morgan fingerprint density at radius 3 is 2.50 bits per heavy atom. The van der Waals surface area contributed by atoms with E-state index in [0.29, 0.717) is 11.2 Å². The van der Waals surface area contributed by atoms with Crippen LogP contribution in [0.1, 0.15) is 30.1 Å². The second-order valence-electron chi connectivity index (χ2n) is 4.57. The second-order valence-corrected chi connectivity index (χ2v) is 5.13. The van der Waals surface area contributed by atoms with E-state index in [1.54, 1.807) is 0 Å². The van der Waals surface area contributed by atoms with E-state index in [0.717, 1.165) is 28.5 Å². The van der Waals surface area contributed by atoms with E-state index >= 15 is 0 Å². The summed E-state index contributed by atoms with van der Waals surface area (Å²) in [6, 6.07) is 10.0. The molecule has 1 aliphatic carbocycles. The van der Waals surface area contributed by atoms with E-state index in [1.807, 2.05) is 30.3 Å². The normalized spacial score (nSPS) is 14.7. The molecule has 1 aromatic carbocycles. The van der Waals surface area contributed by atoms with Crippen LogP contribution in [0.3, 0.4) is 0 Å². The third-order valence-corrected chi connectivity index (χ3v) is 3.71. The van der Waals surface area contributed by atoms with Gasteiger partial charge in [-0.2, -0.15) is 0 Å². The van der Waals surface area contributed by atoms with E-state index in [-0.39, 0.29) is 0 Å². The summed E-state index contributed by atoms with van der Waals surface area (Å²) < 4.78 is 0. The molecule has 18 heavy (non-hydrogen) atoms. The number of nitrogen functional groups attached to an aromatic ring is 1. The quantitative estimate of drug-likeness (QED) is 0.883.